The minimum absolute atomic E-state index is 0.218. The van der Waals surface area contributed by atoms with Crippen LogP contribution in [0.1, 0.15) is 12.5 Å². The second kappa shape index (κ2) is 11.5. The van der Waals surface area contributed by atoms with Gasteiger partial charge in [-0.25, -0.2) is 14.3 Å². The zero-order chi connectivity index (χ0) is 28.3. The van der Waals surface area contributed by atoms with Crippen molar-refractivity contribution in [2.75, 3.05) is 6.61 Å². The maximum absolute atomic E-state index is 13.0. The lowest BCUT2D eigenvalue weighted by Crippen LogP contribution is -2.49. The minimum atomic E-state index is -5.01. The molecule has 1 aromatic heterocycles. The van der Waals surface area contributed by atoms with Gasteiger partial charge in [0.25, 0.3) is 0 Å². The number of primary amides is 1. The normalized spacial score (nSPS) is 14.0. The van der Waals surface area contributed by atoms with E-state index in [1.165, 1.54) is 31.2 Å². The number of ether oxygens (including phenoxy) is 1. The number of benzene rings is 2. The molecule has 0 bridgehead atoms. The Bertz CT molecular complexity index is 1380. The molecular formula is C23H22Cl2F3N5O5. The van der Waals surface area contributed by atoms with Crippen LogP contribution in [0.25, 0.3) is 11.4 Å². The van der Waals surface area contributed by atoms with Gasteiger partial charge in [-0.1, -0.05) is 41.4 Å². The van der Waals surface area contributed by atoms with Crippen LogP contribution in [0.5, 0.6) is 0 Å². The zero-order valence-electron chi connectivity index (χ0n) is 19.7. The number of hydrogen-bond donors (Lipinski definition) is 3. The van der Waals surface area contributed by atoms with Gasteiger partial charge in [-0.05, 0) is 42.8 Å². The van der Waals surface area contributed by atoms with Crippen LogP contribution in [0.2, 0.25) is 10.0 Å². The molecule has 0 aliphatic carbocycles. The van der Waals surface area contributed by atoms with Gasteiger partial charge in [-0.3, -0.25) is 9.36 Å². The molecule has 2 amide bonds. The molecule has 15 heteroatoms. The van der Waals surface area contributed by atoms with Crippen LogP contribution in [-0.4, -0.2) is 50.3 Å². The first kappa shape index (κ1) is 29.0. The van der Waals surface area contributed by atoms with E-state index in [1.807, 2.05) is 0 Å². The number of carbonyl (C=O) groups excluding carboxylic acids is 2. The smallest absolute Gasteiger partial charge is 0.416 e. The number of aliphatic hydroxyl groups excluding tert-OH is 1. The Labute approximate surface area is 223 Å². The number of halogens is 5. The van der Waals surface area contributed by atoms with Gasteiger partial charge in [0.1, 0.15) is 13.2 Å². The predicted octanol–water partition coefficient (Wildman–Crippen LogP) is 3.07. The lowest BCUT2D eigenvalue weighted by molar-refractivity contribution is -0.207. The number of nitrogens with two attached hydrogens (primary N) is 1. The first-order valence-corrected chi connectivity index (χ1v) is 11.6. The average molecular weight is 576 g/mol. The van der Waals surface area contributed by atoms with E-state index in [9.17, 15) is 32.7 Å². The third-order valence-corrected chi connectivity index (χ3v) is 6.02. The summed E-state index contributed by atoms with van der Waals surface area (Å²) < 4.78 is 45.3. The average Bonchev–Trinajstić information content (AvgIpc) is 3.12. The molecule has 2 aromatic carbocycles. The molecule has 2 atom stereocenters. The number of aliphatic hydroxyl groups is 1. The molecular weight excluding hydrogens is 554 g/mol. The van der Waals surface area contributed by atoms with E-state index < -0.39 is 55.2 Å². The highest BCUT2D eigenvalue weighted by Crippen LogP contribution is 2.29. The number of nitrogens with one attached hydrogen (secondary N) is 1. The van der Waals surface area contributed by atoms with Crippen molar-refractivity contribution in [2.45, 2.75) is 37.8 Å². The molecule has 0 saturated carbocycles. The molecule has 38 heavy (non-hydrogen) atoms. The molecule has 0 fully saturated rings. The van der Waals surface area contributed by atoms with E-state index in [4.69, 9.17) is 33.7 Å². The summed E-state index contributed by atoms with van der Waals surface area (Å²) in [5.41, 5.74) is 3.17. The SMILES string of the molecule is CC(COC(N)=O)(NC(=O)Cn1nc(-c2ccc(Cl)cc2)n(C[C@H](O)C(F)(F)F)c1=O)c1ccccc1Cl. The first-order chi connectivity index (χ1) is 17.7. The fourth-order valence-corrected chi connectivity index (χ4v) is 4.06. The second-order valence-electron chi connectivity index (χ2n) is 8.41. The molecule has 0 aliphatic rings. The molecule has 4 N–H and O–H groups in total. The highest BCUT2D eigenvalue weighted by molar-refractivity contribution is 6.31. The highest BCUT2D eigenvalue weighted by atomic mass is 35.5. The van der Waals surface area contributed by atoms with Crippen molar-refractivity contribution in [3.8, 4) is 11.4 Å². The van der Waals surface area contributed by atoms with Crippen molar-refractivity contribution in [1.82, 2.24) is 19.7 Å². The van der Waals surface area contributed by atoms with Crippen LogP contribution in [-0.2, 0) is 28.2 Å². The Morgan fingerprint density at radius 3 is 2.37 bits per heavy atom. The molecule has 3 aromatic rings. The van der Waals surface area contributed by atoms with E-state index >= 15 is 0 Å². The molecule has 1 heterocycles. The van der Waals surface area contributed by atoms with Gasteiger partial charge < -0.3 is 20.9 Å². The van der Waals surface area contributed by atoms with Crippen LogP contribution < -0.4 is 16.7 Å². The number of nitrogens with zero attached hydrogens (tertiary/aromatic N) is 3. The Hall–Kier alpha value is -3.55. The number of rotatable bonds is 9. The van der Waals surface area contributed by atoms with Gasteiger partial charge >= 0.3 is 18.0 Å². The summed E-state index contributed by atoms with van der Waals surface area (Å²) in [5.74, 6) is -1.04. The van der Waals surface area contributed by atoms with Crippen molar-refractivity contribution < 1.29 is 32.6 Å². The summed E-state index contributed by atoms with van der Waals surface area (Å²) in [7, 11) is 0. The second-order valence-corrected chi connectivity index (χ2v) is 9.25. The number of alkyl halides is 3. The van der Waals surface area contributed by atoms with Crippen molar-refractivity contribution in [3.63, 3.8) is 0 Å². The van der Waals surface area contributed by atoms with Gasteiger partial charge in [-0.2, -0.15) is 13.2 Å². The standard InChI is InChI=1S/C23H22Cl2F3N5O5/c1-22(12-38-20(29)36,15-4-2-3-5-16(15)25)30-18(35)11-33-21(37)32(10-17(34)23(26,27)28)19(31-33)13-6-8-14(24)9-7-13/h2-9,17,34H,10-12H2,1H3,(H2,29,36)(H,30,35)/t17-,22?/m0/s1. The van der Waals surface area contributed by atoms with Crippen molar-refractivity contribution in [3.05, 3.63) is 74.6 Å². The quantitative estimate of drug-likeness (QED) is 0.358. The zero-order valence-corrected chi connectivity index (χ0v) is 21.2. The van der Waals surface area contributed by atoms with Gasteiger partial charge in [0.2, 0.25) is 5.91 Å². The fraction of sp³-hybridized carbons (Fsp3) is 0.304. The van der Waals surface area contributed by atoms with Crippen LogP contribution in [0, 0.1) is 0 Å². The molecule has 0 saturated heterocycles. The Balaban J connectivity index is 1.96. The van der Waals surface area contributed by atoms with E-state index in [2.05, 4.69) is 10.4 Å². The summed E-state index contributed by atoms with van der Waals surface area (Å²) in [4.78, 5) is 37.2. The summed E-state index contributed by atoms with van der Waals surface area (Å²) in [6.45, 7) is -0.818. The molecule has 0 radical (unpaired) electrons. The predicted molar refractivity (Wildman–Crippen MR) is 131 cm³/mol. The lowest BCUT2D eigenvalue weighted by atomic mass is 9.92. The number of hydrogen-bond acceptors (Lipinski definition) is 6. The topological polar surface area (TPSA) is 141 Å². The molecule has 0 aliphatic heterocycles. The fourth-order valence-electron chi connectivity index (χ4n) is 3.59. The summed E-state index contributed by atoms with van der Waals surface area (Å²) in [6.07, 6.45) is -8.98. The Kier molecular flexibility index (Phi) is 8.75. The van der Waals surface area contributed by atoms with E-state index in [1.54, 1.807) is 24.3 Å². The summed E-state index contributed by atoms with van der Waals surface area (Å²) in [5, 5.41) is 16.8. The molecule has 3 rings (SSSR count). The Morgan fingerprint density at radius 1 is 1.16 bits per heavy atom. The lowest BCUT2D eigenvalue weighted by Gasteiger charge is -2.31. The van der Waals surface area contributed by atoms with E-state index in [-0.39, 0.29) is 16.4 Å². The van der Waals surface area contributed by atoms with Gasteiger partial charge in [0.15, 0.2) is 11.9 Å². The monoisotopic (exact) mass is 575 g/mol. The maximum Gasteiger partial charge on any atom is 0.416 e. The number of amides is 2. The molecule has 1 unspecified atom stereocenters. The number of carbonyl (C=O) groups is 2. The molecule has 0 spiro atoms. The van der Waals surface area contributed by atoms with E-state index in [0.717, 1.165) is 0 Å². The summed E-state index contributed by atoms with van der Waals surface area (Å²) in [6, 6.07) is 12.1. The maximum atomic E-state index is 13.0. The van der Waals surface area contributed by atoms with Crippen molar-refractivity contribution in [2.24, 2.45) is 5.73 Å². The largest absolute Gasteiger partial charge is 0.447 e. The summed E-state index contributed by atoms with van der Waals surface area (Å²) >= 11 is 12.1. The van der Waals surface area contributed by atoms with Gasteiger partial charge in [0.05, 0.1) is 12.1 Å². The first-order valence-electron chi connectivity index (χ1n) is 10.9. The minimum Gasteiger partial charge on any atom is -0.447 e. The van der Waals surface area contributed by atoms with Crippen molar-refractivity contribution in [1.29, 1.82) is 0 Å². The third kappa shape index (κ3) is 6.85. The molecule has 10 nitrogen and oxygen atoms in total. The van der Waals surface area contributed by atoms with Crippen LogP contribution in [0.3, 0.4) is 0 Å². The third-order valence-electron chi connectivity index (χ3n) is 5.44. The van der Waals surface area contributed by atoms with Gasteiger partial charge in [0, 0.05) is 15.6 Å². The Morgan fingerprint density at radius 2 is 1.79 bits per heavy atom. The van der Waals surface area contributed by atoms with Gasteiger partial charge in [-0.15, -0.1) is 5.10 Å². The van der Waals surface area contributed by atoms with Crippen LogP contribution in [0.15, 0.2) is 53.3 Å². The van der Waals surface area contributed by atoms with Crippen LogP contribution in [0.4, 0.5) is 18.0 Å². The van der Waals surface area contributed by atoms with Crippen molar-refractivity contribution >= 4 is 35.2 Å². The van der Waals surface area contributed by atoms with E-state index in [0.29, 0.717) is 19.8 Å². The molecule has 204 valence electrons. The van der Waals surface area contributed by atoms with Crippen LogP contribution >= 0.6 is 23.2 Å². The number of aromatic nitrogens is 3. The highest BCUT2D eigenvalue weighted by Gasteiger charge is 2.39.